The lowest BCUT2D eigenvalue weighted by atomic mass is 10.0. The molecule has 0 aliphatic carbocycles. The molecule has 1 unspecified atom stereocenters. The number of aromatic nitrogens is 5. The smallest absolute Gasteiger partial charge is 0.255 e. The fraction of sp³-hybridized carbons (Fsp3) is 0.417. The first-order valence-corrected chi connectivity index (χ1v) is 11.0. The van der Waals surface area contributed by atoms with Crippen molar-refractivity contribution in [1.29, 1.82) is 0 Å². The largest absolute Gasteiger partial charge is 0.345 e. The summed E-state index contributed by atoms with van der Waals surface area (Å²) in [6.07, 6.45) is 4.29. The molecule has 1 aliphatic rings. The van der Waals surface area contributed by atoms with Crippen molar-refractivity contribution in [2.24, 2.45) is 0 Å². The molecule has 1 aliphatic heterocycles. The fourth-order valence-electron chi connectivity index (χ4n) is 4.48. The molecule has 1 atom stereocenters. The lowest BCUT2D eigenvalue weighted by Gasteiger charge is -2.34. The molecule has 1 aromatic carbocycles. The molecule has 4 aromatic rings. The first-order chi connectivity index (χ1) is 15.1. The van der Waals surface area contributed by atoms with Gasteiger partial charge in [0.25, 0.3) is 5.91 Å². The van der Waals surface area contributed by atoms with Gasteiger partial charge in [-0.2, -0.15) is 5.10 Å². The maximum absolute atomic E-state index is 13.2. The van der Waals surface area contributed by atoms with E-state index in [2.05, 4.69) is 64.1 Å². The number of carbonyl (C=O) groups excluding carboxylic acids is 1. The summed E-state index contributed by atoms with van der Waals surface area (Å²) in [4.78, 5) is 28.0. The van der Waals surface area contributed by atoms with E-state index in [-0.39, 0.29) is 17.0 Å². The minimum atomic E-state index is -0.282. The molecule has 0 spiro atoms. The second-order valence-electron chi connectivity index (χ2n) is 10.1. The number of likely N-dealkylation sites (tertiary alicyclic amines) is 1. The third-order valence-corrected chi connectivity index (χ3v) is 6.42. The Hall–Kier alpha value is -3.26. The van der Waals surface area contributed by atoms with E-state index in [9.17, 15) is 4.79 Å². The predicted molar refractivity (Wildman–Crippen MR) is 126 cm³/mol. The Kier molecular flexibility index (Phi) is 4.60. The van der Waals surface area contributed by atoms with E-state index in [0.29, 0.717) is 22.4 Å². The highest BCUT2D eigenvalue weighted by Crippen LogP contribution is 2.29. The van der Waals surface area contributed by atoms with Crippen LogP contribution < -0.4 is 5.32 Å². The maximum Gasteiger partial charge on any atom is 0.255 e. The predicted octanol–water partition coefficient (Wildman–Crippen LogP) is 3.80. The lowest BCUT2D eigenvalue weighted by Crippen LogP contribution is -2.50. The van der Waals surface area contributed by atoms with Crippen LogP contribution >= 0.6 is 0 Å². The van der Waals surface area contributed by atoms with Crippen molar-refractivity contribution in [2.45, 2.75) is 52.1 Å². The molecule has 32 heavy (non-hydrogen) atoms. The Morgan fingerprint density at radius 3 is 2.84 bits per heavy atom. The van der Waals surface area contributed by atoms with Gasteiger partial charge in [-0.05, 0) is 52.7 Å². The van der Waals surface area contributed by atoms with Crippen molar-refractivity contribution >= 4 is 28.0 Å². The monoisotopic (exact) mass is 431 g/mol. The van der Waals surface area contributed by atoms with Crippen LogP contribution in [0, 0.1) is 6.92 Å². The number of nitrogens with one attached hydrogen (secondary N) is 3. The number of rotatable bonds is 3. The van der Waals surface area contributed by atoms with Gasteiger partial charge in [-0.25, -0.2) is 9.97 Å². The molecule has 0 bridgehead atoms. The molecule has 3 N–H and O–H groups in total. The van der Waals surface area contributed by atoms with Gasteiger partial charge in [0.05, 0.1) is 22.8 Å². The maximum atomic E-state index is 13.2. The Morgan fingerprint density at radius 2 is 2.09 bits per heavy atom. The topological polar surface area (TPSA) is 103 Å². The van der Waals surface area contributed by atoms with Crippen LogP contribution in [0.2, 0.25) is 0 Å². The summed E-state index contributed by atoms with van der Waals surface area (Å²) in [7, 11) is 0. The second-order valence-corrected chi connectivity index (χ2v) is 10.1. The van der Waals surface area contributed by atoms with Crippen molar-refractivity contribution in [3.63, 3.8) is 0 Å². The van der Waals surface area contributed by atoms with Crippen LogP contribution in [0.4, 0.5) is 0 Å². The minimum Gasteiger partial charge on any atom is -0.345 e. The molecule has 166 valence electrons. The number of carbonyl (C=O) groups is 1. The molecule has 1 fully saturated rings. The Bertz CT molecular complexity index is 1330. The number of aromatic amines is 2. The lowest BCUT2D eigenvalue weighted by molar-refractivity contribution is 0.0897. The second kappa shape index (κ2) is 7.13. The quantitative estimate of drug-likeness (QED) is 0.458. The first kappa shape index (κ1) is 20.6. The zero-order valence-electron chi connectivity index (χ0n) is 19.2. The number of hydrogen-bond donors (Lipinski definition) is 3. The molecular formula is C24H29N7O. The van der Waals surface area contributed by atoms with Gasteiger partial charge in [0.1, 0.15) is 16.9 Å². The van der Waals surface area contributed by atoms with Crippen LogP contribution in [0.5, 0.6) is 0 Å². The van der Waals surface area contributed by atoms with Gasteiger partial charge in [-0.1, -0.05) is 12.1 Å². The number of amides is 1. The molecule has 1 amide bonds. The number of fused-ring (bicyclic) bond motifs is 2. The first-order valence-electron chi connectivity index (χ1n) is 11.0. The summed E-state index contributed by atoms with van der Waals surface area (Å²) in [5, 5.41) is 11.8. The molecule has 0 saturated carbocycles. The highest BCUT2D eigenvalue weighted by Gasteiger charge is 2.39. The van der Waals surface area contributed by atoms with E-state index in [1.807, 2.05) is 19.1 Å². The van der Waals surface area contributed by atoms with E-state index in [1.54, 1.807) is 12.4 Å². The van der Waals surface area contributed by atoms with E-state index in [0.717, 1.165) is 41.7 Å². The van der Waals surface area contributed by atoms with E-state index >= 15 is 0 Å². The normalized spacial score (nSPS) is 19.8. The van der Waals surface area contributed by atoms with E-state index in [4.69, 9.17) is 4.98 Å². The van der Waals surface area contributed by atoms with Crippen molar-refractivity contribution in [2.75, 3.05) is 13.1 Å². The highest BCUT2D eigenvalue weighted by molar-refractivity contribution is 6.05. The summed E-state index contributed by atoms with van der Waals surface area (Å²) in [6.45, 7) is 12.6. The molecule has 3 aromatic heterocycles. The zero-order valence-corrected chi connectivity index (χ0v) is 19.2. The van der Waals surface area contributed by atoms with Gasteiger partial charge in [0.15, 0.2) is 5.65 Å². The summed E-state index contributed by atoms with van der Waals surface area (Å²) in [5.74, 6) is -0.136. The van der Waals surface area contributed by atoms with Crippen LogP contribution in [0.3, 0.4) is 0 Å². The molecule has 0 radical (unpaired) electrons. The zero-order chi connectivity index (χ0) is 22.7. The van der Waals surface area contributed by atoms with Gasteiger partial charge in [0.2, 0.25) is 0 Å². The Balaban J connectivity index is 1.46. The van der Waals surface area contributed by atoms with Crippen LogP contribution in [0.1, 0.15) is 50.0 Å². The number of benzene rings is 1. The highest BCUT2D eigenvalue weighted by atomic mass is 16.1. The molecule has 1 saturated heterocycles. The summed E-state index contributed by atoms with van der Waals surface area (Å²) < 4.78 is 0. The van der Waals surface area contributed by atoms with Crippen LogP contribution in [0.25, 0.3) is 33.5 Å². The van der Waals surface area contributed by atoms with Gasteiger partial charge in [-0.3, -0.25) is 14.8 Å². The van der Waals surface area contributed by atoms with Crippen LogP contribution in [-0.4, -0.2) is 60.1 Å². The van der Waals surface area contributed by atoms with E-state index < -0.39 is 0 Å². The molecule has 8 nitrogen and oxygen atoms in total. The number of nitrogens with zero attached hydrogens (tertiary/aromatic N) is 4. The Labute approximate surface area is 186 Å². The average Bonchev–Trinajstić information content (AvgIpc) is 3.43. The van der Waals surface area contributed by atoms with Crippen molar-refractivity contribution in [3.8, 4) is 11.4 Å². The van der Waals surface area contributed by atoms with Crippen LogP contribution in [0.15, 0.2) is 30.6 Å². The van der Waals surface area contributed by atoms with Crippen molar-refractivity contribution in [1.82, 2.24) is 35.4 Å². The van der Waals surface area contributed by atoms with Crippen LogP contribution in [-0.2, 0) is 0 Å². The molecular weight excluding hydrogens is 402 g/mol. The van der Waals surface area contributed by atoms with Gasteiger partial charge >= 0.3 is 0 Å². The third-order valence-electron chi connectivity index (χ3n) is 6.42. The summed E-state index contributed by atoms with van der Waals surface area (Å²) in [6, 6.07) is 6.13. The summed E-state index contributed by atoms with van der Waals surface area (Å²) in [5.41, 5.74) is 4.90. The van der Waals surface area contributed by atoms with Crippen molar-refractivity contribution < 1.29 is 4.79 Å². The standard InChI is InChI=1S/C24H29N7O/c1-14-6-7-15-17(10-14)29-30-19(15)18-12-26-21-20(27-18)16(11-25-21)22(32)28-24(5)8-9-31(13-24)23(2,3)4/h6-7,10-12H,8-9,13H2,1-5H3,(H,25,26)(H,28,32)(H,29,30). The molecule has 8 heteroatoms. The average molecular weight is 432 g/mol. The Morgan fingerprint density at radius 1 is 1.28 bits per heavy atom. The van der Waals surface area contributed by atoms with Crippen molar-refractivity contribution in [3.05, 3.63) is 41.7 Å². The van der Waals surface area contributed by atoms with Gasteiger partial charge < -0.3 is 10.3 Å². The summed E-state index contributed by atoms with van der Waals surface area (Å²) >= 11 is 0. The molecule has 5 rings (SSSR count). The minimum absolute atomic E-state index is 0.0779. The van der Waals surface area contributed by atoms with E-state index in [1.165, 1.54) is 0 Å². The van der Waals surface area contributed by atoms with Gasteiger partial charge in [0, 0.05) is 30.2 Å². The number of aryl methyl sites for hydroxylation is 1. The number of H-pyrrole nitrogens is 2. The molecule has 4 heterocycles. The fourth-order valence-corrected chi connectivity index (χ4v) is 4.48. The third kappa shape index (κ3) is 3.54. The number of hydrogen-bond acceptors (Lipinski definition) is 5. The SMILES string of the molecule is Cc1ccc2c(-c3cnc4[nH]cc(C(=O)NC5(C)CCN(C(C)(C)C)C5)c4n3)n[nH]c2c1. The van der Waals surface area contributed by atoms with Gasteiger partial charge in [-0.15, -0.1) is 0 Å².